The SMILES string of the molecule is CC(C)(C)OC(=O)Nc1cccc(Nc2ccc3c(c2[N+](=O)[O-])CCCC3)c1. The van der Waals surface area contributed by atoms with Gasteiger partial charge in [-0.2, -0.15) is 0 Å². The normalized spacial score (nSPS) is 13.4. The van der Waals surface area contributed by atoms with Crippen molar-refractivity contribution in [3.8, 4) is 0 Å². The molecule has 1 aliphatic rings. The molecule has 0 aliphatic heterocycles. The minimum Gasteiger partial charge on any atom is -0.444 e. The van der Waals surface area contributed by atoms with Crippen LogP contribution in [0.25, 0.3) is 0 Å². The van der Waals surface area contributed by atoms with E-state index in [1.54, 1.807) is 51.1 Å². The number of hydrogen-bond acceptors (Lipinski definition) is 5. The first kappa shape index (κ1) is 19.7. The molecular formula is C21H25N3O4. The predicted octanol–water partition coefficient (Wildman–Crippen LogP) is 5.56. The Hall–Kier alpha value is -3.09. The summed E-state index contributed by atoms with van der Waals surface area (Å²) in [4.78, 5) is 23.4. The smallest absolute Gasteiger partial charge is 0.412 e. The summed E-state index contributed by atoms with van der Waals surface area (Å²) in [6.45, 7) is 5.37. The lowest BCUT2D eigenvalue weighted by atomic mass is 9.90. The van der Waals surface area contributed by atoms with E-state index in [1.807, 2.05) is 6.07 Å². The number of benzene rings is 2. The van der Waals surface area contributed by atoms with Crippen molar-refractivity contribution < 1.29 is 14.5 Å². The van der Waals surface area contributed by atoms with Gasteiger partial charge in [0.15, 0.2) is 0 Å². The number of nitrogens with one attached hydrogen (secondary N) is 2. The zero-order valence-corrected chi connectivity index (χ0v) is 16.4. The van der Waals surface area contributed by atoms with Crippen LogP contribution in [0.2, 0.25) is 0 Å². The first-order valence-electron chi connectivity index (χ1n) is 9.39. The van der Waals surface area contributed by atoms with E-state index >= 15 is 0 Å². The molecule has 0 saturated carbocycles. The maximum atomic E-state index is 12.0. The average Bonchev–Trinajstić information content (AvgIpc) is 2.59. The number of anilines is 3. The van der Waals surface area contributed by atoms with Crippen molar-refractivity contribution in [3.05, 3.63) is 57.6 Å². The largest absolute Gasteiger partial charge is 0.444 e. The number of carbonyl (C=O) groups is 1. The monoisotopic (exact) mass is 383 g/mol. The Kier molecular flexibility index (Phi) is 5.53. The van der Waals surface area contributed by atoms with Crippen LogP contribution in [0, 0.1) is 10.1 Å². The molecular weight excluding hydrogens is 358 g/mol. The van der Waals surface area contributed by atoms with Gasteiger partial charge in [0, 0.05) is 16.9 Å². The molecule has 0 saturated heterocycles. The molecule has 7 heteroatoms. The highest BCUT2D eigenvalue weighted by Crippen LogP contribution is 2.37. The van der Waals surface area contributed by atoms with Gasteiger partial charge in [-0.05, 0) is 76.3 Å². The van der Waals surface area contributed by atoms with E-state index < -0.39 is 11.7 Å². The molecule has 1 aliphatic carbocycles. The van der Waals surface area contributed by atoms with Crippen molar-refractivity contribution >= 4 is 28.8 Å². The fraction of sp³-hybridized carbons (Fsp3) is 0.381. The fourth-order valence-electron chi connectivity index (χ4n) is 3.37. The Morgan fingerprint density at radius 2 is 1.82 bits per heavy atom. The van der Waals surface area contributed by atoms with Crippen LogP contribution in [0.4, 0.5) is 27.5 Å². The third-order valence-corrected chi connectivity index (χ3v) is 4.47. The Balaban J connectivity index is 1.83. The van der Waals surface area contributed by atoms with Crippen molar-refractivity contribution in [1.82, 2.24) is 0 Å². The van der Waals surface area contributed by atoms with Gasteiger partial charge in [0.2, 0.25) is 0 Å². The number of hydrogen-bond donors (Lipinski definition) is 2. The van der Waals surface area contributed by atoms with Crippen LogP contribution < -0.4 is 10.6 Å². The van der Waals surface area contributed by atoms with Gasteiger partial charge in [0.25, 0.3) is 5.69 Å². The van der Waals surface area contributed by atoms with Crippen molar-refractivity contribution in [1.29, 1.82) is 0 Å². The molecule has 0 heterocycles. The van der Waals surface area contributed by atoms with E-state index in [0.29, 0.717) is 17.1 Å². The molecule has 148 valence electrons. The lowest BCUT2D eigenvalue weighted by Gasteiger charge is -2.20. The molecule has 0 aromatic heterocycles. The van der Waals surface area contributed by atoms with Gasteiger partial charge in [-0.25, -0.2) is 4.79 Å². The highest BCUT2D eigenvalue weighted by atomic mass is 16.6. The Morgan fingerprint density at radius 3 is 2.54 bits per heavy atom. The number of nitrogens with zero attached hydrogens (tertiary/aromatic N) is 1. The number of rotatable bonds is 4. The molecule has 28 heavy (non-hydrogen) atoms. The van der Waals surface area contributed by atoms with Crippen molar-refractivity contribution in [2.75, 3.05) is 10.6 Å². The minimum atomic E-state index is -0.594. The van der Waals surface area contributed by atoms with E-state index in [4.69, 9.17) is 4.74 Å². The second-order valence-electron chi connectivity index (χ2n) is 7.90. The Morgan fingerprint density at radius 1 is 1.11 bits per heavy atom. The predicted molar refractivity (Wildman–Crippen MR) is 109 cm³/mol. The number of nitro benzene ring substituents is 1. The Labute approximate surface area is 164 Å². The molecule has 0 spiro atoms. The van der Waals surface area contributed by atoms with Crippen molar-refractivity contribution in [2.24, 2.45) is 0 Å². The molecule has 2 aromatic rings. The van der Waals surface area contributed by atoms with Crippen LogP contribution in [0.5, 0.6) is 0 Å². The van der Waals surface area contributed by atoms with Crippen molar-refractivity contribution in [3.63, 3.8) is 0 Å². The zero-order valence-electron chi connectivity index (χ0n) is 16.4. The van der Waals surface area contributed by atoms with Gasteiger partial charge < -0.3 is 10.1 Å². The molecule has 7 nitrogen and oxygen atoms in total. The molecule has 2 N–H and O–H groups in total. The number of aryl methyl sites for hydroxylation is 1. The number of nitro groups is 1. The van der Waals surface area contributed by atoms with Gasteiger partial charge in [-0.15, -0.1) is 0 Å². The van der Waals surface area contributed by atoms with E-state index in [-0.39, 0.29) is 10.6 Å². The summed E-state index contributed by atoms with van der Waals surface area (Å²) in [5.74, 6) is 0. The van der Waals surface area contributed by atoms with Crippen LogP contribution in [-0.4, -0.2) is 16.6 Å². The molecule has 0 atom stereocenters. The summed E-state index contributed by atoms with van der Waals surface area (Å²) in [6.07, 6.45) is 3.08. The van der Waals surface area contributed by atoms with Crippen LogP contribution in [0.15, 0.2) is 36.4 Å². The second kappa shape index (κ2) is 7.88. The Bertz CT molecular complexity index is 903. The lowest BCUT2D eigenvalue weighted by molar-refractivity contribution is -0.384. The number of amides is 1. The molecule has 0 unspecified atom stereocenters. The van der Waals surface area contributed by atoms with Crippen LogP contribution in [-0.2, 0) is 17.6 Å². The van der Waals surface area contributed by atoms with Gasteiger partial charge in [0.1, 0.15) is 11.3 Å². The maximum Gasteiger partial charge on any atom is 0.412 e. The first-order chi connectivity index (χ1) is 13.2. The van der Waals surface area contributed by atoms with E-state index in [1.165, 1.54) is 0 Å². The first-order valence-corrected chi connectivity index (χ1v) is 9.39. The average molecular weight is 383 g/mol. The molecule has 0 fully saturated rings. The number of ether oxygens (including phenoxy) is 1. The van der Waals surface area contributed by atoms with Crippen LogP contribution >= 0.6 is 0 Å². The lowest BCUT2D eigenvalue weighted by Crippen LogP contribution is -2.27. The summed E-state index contributed by atoms with van der Waals surface area (Å²) >= 11 is 0. The number of carbonyl (C=O) groups excluding carboxylic acids is 1. The maximum absolute atomic E-state index is 12.0. The summed E-state index contributed by atoms with van der Waals surface area (Å²) < 4.78 is 5.25. The van der Waals surface area contributed by atoms with Gasteiger partial charge in [-0.3, -0.25) is 15.4 Å². The molecule has 2 aromatic carbocycles. The van der Waals surface area contributed by atoms with Crippen LogP contribution in [0.3, 0.4) is 0 Å². The molecule has 0 bridgehead atoms. The van der Waals surface area contributed by atoms with Gasteiger partial charge in [0.05, 0.1) is 4.92 Å². The van der Waals surface area contributed by atoms with Gasteiger partial charge >= 0.3 is 6.09 Å². The van der Waals surface area contributed by atoms with Crippen molar-refractivity contribution in [2.45, 2.75) is 52.1 Å². The highest BCUT2D eigenvalue weighted by molar-refractivity contribution is 5.86. The number of fused-ring (bicyclic) bond motifs is 1. The summed E-state index contributed by atoms with van der Waals surface area (Å²) in [5, 5.41) is 17.5. The van der Waals surface area contributed by atoms with E-state index in [2.05, 4.69) is 10.6 Å². The van der Waals surface area contributed by atoms with E-state index in [9.17, 15) is 14.9 Å². The zero-order chi connectivity index (χ0) is 20.3. The summed E-state index contributed by atoms with van der Waals surface area (Å²) in [7, 11) is 0. The fourth-order valence-corrected chi connectivity index (χ4v) is 3.37. The van der Waals surface area contributed by atoms with Crippen LogP contribution in [0.1, 0.15) is 44.7 Å². The summed E-state index contributed by atoms with van der Waals surface area (Å²) in [5.41, 5.74) is 3.08. The third-order valence-electron chi connectivity index (χ3n) is 4.47. The minimum absolute atomic E-state index is 0.141. The highest BCUT2D eigenvalue weighted by Gasteiger charge is 2.25. The molecule has 3 rings (SSSR count). The van der Waals surface area contributed by atoms with E-state index in [0.717, 1.165) is 36.8 Å². The standard InChI is InChI=1S/C21H25N3O4/c1-21(2,3)28-20(25)23-16-9-6-8-15(13-16)22-18-12-11-14-7-4-5-10-17(14)19(18)24(26)27/h6,8-9,11-13,22H,4-5,7,10H2,1-3H3,(H,23,25). The third kappa shape index (κ3) is 4.79. The topological polar surface area (TPSA) is 93.5 Å². The quantitative estimate of drug-likeness (QED) is 0.532. The molecule has 1 amide bonds. The molecule has 0 radical (unpaired) electrons. The summed E-state index contributed by atoms with van der Waals surface area (Å²) in [6, 6.07) is 10.7. The second-order valence-corrected chi connectivity index (χ2v) is 7.90. The van der Waals surface area contributed by atoms with Gasteiger partial charge in [-0.1, -0.05) is 12.1 Å².